The van der Waals surface area contributed by atoms with Gasteiger partial charge in [0.25, 0.3) is 5.91 Å². The summed E-state index contributed by atoms with van der Waals surface area (Å²) in [6, 6.07) is 14.1. The van der Waals surface area contributed by atoms with E-state index in [9.17, 15) is 4.79 Å². The number of pyridine rings is 1. The summed E-state index contributed by atoms with van der Waals surface area (Å²) in [5.41, 5.74) is 1.96. The minimum atomic E-state index is 0.0713. The number of rotatable bonds is 9. The first-order chi connectivity index (χ1) is 11.7. The van der Waals surface area contributed by atoms with Gasteiger partial charge in [-0.25, -0.2) is 4.98 Å². The number of nitrogens with one attached hydrogen (secondary N) is 1. The van der Waals surface area contributed by atoms with Gasteiger partial charge in [-0.15, -0.1) is 0 Å². The van der Waals surface area contributed by atoms with Crippen molar-refractivity contribution in [1.29, 1.82) is 0 Å². The Kier molecular flexibility index (Phi) is 7.27. The quantitative estimate of drug-likeness (QED) is 0.758. The van der Waals surface area contributed by atoms with Gasteiger partial charge in [0.2, 0.25) is 0 Å². The summed E-state index contributed by atoms with van der Waals surface area (Å²) in [6.07, 6.45) is 4.56. The summed E-state index contributed by atoms with van der Waals surface area (Å²) in [4.78, 5) is 18.8. The predicted octanol–water partition coefficient (Wildman–Crippen LogP) is 4.00. The summed E-state index contributed by atoms with van der Waals surface area (Å²) >= 11 is 0. The Morgan fingerprint density at radius 2 is 1.75 bits per heavy atom. The van der Waals surface area contributed by atoms with Gasteiger partial charge < -0.3 is 10.2 Å². The highest BCUT2D eigenvalue weighted by Gasteiger charge is 2.14. The summed E-state index contributed by atoms with van der Waals surface area (Å²) in [7, 11) is 0. The molecule has 0 atom stereocenters. The minimum absolute atomic E-state index is 0.0713. The van der Waals surface area contributed by atoms with Crippen molar-refractivity contribution in [3.05, 3.63) is 59.8 Å². The van der Waals surface area contributed by atoms with E-state index in [0.29, 0.717) is 5.56 Å². The Morgan fingerprint density at radius 1 is 1.04 bits per heavy atom. The summed E-state index contributed by atoms with van der Waals surface area (Å²) in [6.45, 7) is 6.59. The van der Waals surface area contributed by atoms with Gasteiger partial charge in [0.1, 0.15) is 5.82 Å². The first-order valence-corrected chi connectivity index (χ1v) is 8.77. The third kappa shape index (κ3) is 5.37. The number of hydrogen-bond donors (Lipinski definition) is 1. The molecule has 4 nitrogen and oxygen atoms in total. The molecule has 0 aliphatic carbocycles. The third-order valence-electron chi connectivity index (χ3n) is 3.85. The largest absolute Gasteiger partial charge is 0.370 e. The molecule has 1 amide bonds. The Labute approximate surface area is 144 Å². The summed E-state index contributed by atoms with van der Waals surface area (Å²) in [5, 5.41) is 3.30. The van der Waals surface area contributed by atoms with Crippen LogP contribution in [0, 0.1) is 0 Å². The van der Waals surface area contributed by atoms with Crippen molar-refractivity contribution in [3.63, 3.8) is 0 Å². The molecule has 0 saturated heterocycles. The Bertz CT molecular complexity index is 605. The van der Waals surface area contributed by atoms with E-state index in [1.807, 2.05) is 35.2 Å². The molecule has 4 heteroatoms. The van der Waals surface area contributed by atoms with Gasteiger partial charge in [0.15, 0.2) is 0 Å². The topological polar surface area (TPSA) is 45.2 Å². The smallest absolute Gasteiger partial charge is 0.255 e. The zero-order valence-corrected chi connectivity index (χ0v) is 14.7. The van der Waals surface area contributed by atoms with Crippen molar-refractivity contribution < 1.29 is 4.79 Å². The second-order valence-corrected chi connectivity index (χ2v) is 5.89. The predicted molar refractivity (Wildman–Crippen MR) is 99.4 cm³/mol. The van der Waals surface area contributed by atoms with E-state index in [-0.39, 0.29) is 5.91 Å². The van der Waals surface area contributed by atoms with Crippen LogP contribution in [0.4, 0.5) is 5.82 Å². The molecule has 1 aromatic heterocycles. The van der Waals surface area contributed by atoms with Crippen LogP contribution in [0.25, 0.3) is 0 Å². The highest BCUT2D eigenvalue weighted by atomic mass is 16.2. The van der Waals surface area contributed by atoms with Crippen molar-refractivity contribution in [3.8, 4) is 0 Å². The van der Waals surface area contributed by atoms with E-state index in [1.54, 1.807) is 6.20 Å². The summed E-state index contributed by atoms with van der Waals surface area (Å²) < 4.78 is 0. The van der Waals surface area contributed by atoms with Gasteiger partial charge in [-0.2, -0.15) is 0 Å². The van der Waals surface area contributed by atoms with E-state index in [2.05, 4.69) is 36.3 Å². The van der Waals surface area contributed by atoms with Crippen LogP contribution in [0.15, 0.2) is 48.7 Å². The average molecular weight is 325 g/mol. The maximum absolute atomic E-state index is 12.5. The van der Waals surface area contributed by atoms with E-state index in [1.165, 1.54) is 5.56 Å². The molecule has 0 spiro atoms. The molecule has 0 unspecified atom stereocenters. The maximum atomic E-state index is 12.5. The fourth-order valence-corrected chi connectivity index (χ4v) is 2.64. The van der Waals surface area contributed by atoms with Crippen molar-refractivity contribution in [2.45, 2.75) is 33.1 Å². The fourth-order valence-electron chi connectivity index (χ4n) is 2.64. The molecule has 0 fully saturated rings. The molecular formula is C20H27N3O. The molecule has 1 aromatic carbocycles. The van der Waals surface area contributed by atoms with Crippen LogP contribution in [-0.2, 0) is 6.42 Å². The monoisotopic (exact) mass is 325 g/mol. The van der Waals surface area contributed by atoms with E-state index in [0.717, 1.165) is 44.7 Å². The van der Waals surface area contributed by atoms with Gasteiger partial charge in [-0.3, -0.25) is 4.79 Å². The Hall–Kier alpha value is -2.36. The number of nitrogens with zero attached hydrogens (tertiary/aromatic N) is 2. The van der Waals surface area contributed by atoms with Gasteiger partial charge >= 0.3 is 0 Å². The van der Waals surface area contributed by atoms with Crippen LogP contribution >= 0.6 is 0 Å². The van der Waals surface area contributed by atoms with E-state index >= 15 is 0 Å². The molecule has 1 heterocycles. The molecule has 0 aliphatic rings. The lowest BCUT2D eigenvalue weighted by molar-refractivity contribution is 0.0755. The molecule has 0 bridgehead atoms. The van der Waals surface area contributed by atoms with Crippen LogP contribution < -0.4 is 5.32 Å². The molecule has 24 heavy (non-hydrogen) atoms. The lowest BCUT2D eigenvalue weighted by Crippen LogP contribution is -2.32. The van der Waals surface area contributed by atoms with E-state index in [4.69, 9.17) is 0 Å². The molecular weight excluding hydrogens is 298 g/mol. The lowest BCUT2D eigenvalue weighted by Gasteiger charge is -2.21. The summed E-state index contributed by atoms with van der Waals surface area (Å²) in [5.74, 6) is 0.877. The van der Waals surface area contributed by atoms with Crippen LogP contribution in [0.1, 0.15) is 42.6 Å². The molecule has 2 rings (SSSR count). The molecule has 128 valence electrons. The van der Waals surface area contributed by atoms with Crippen LogP contribution in [-0.4, -0.2) is 35.4 Å². The molecule has 0 aliphatic heterocycles. The number of carbonyl (C=O) groups is 1. The molecule has 2 aromatic rings. The number of anilines is 1. The van der Waals surface area contributed by atoms with Gasteiger partial charge in [-0.1, -0.05) is 44.2 Å². The highest BCUT2D eigenvalue weighted by molar-refractivity contribution is 5.94. The second kappa shape index (κ2) is 9.71. The number of aromatic nitrogens is 1. The Balaban J connectivity index is 1.88. The van der Waals surface area contributed by atoms with Crippen LogP contribution in [0.5, 0.6) is 0 Å². The second-order valence-electron chi connectivity index (χ2n) is 5.89. The zero-order chi connectivity index (χ0) is 17.2. The molecule has 0 saturated carbocycles. The Morgan fingerprint density at radius 3 is 2.33 bits per heavy atom. The number of hydrogen-bond acceptors (Lipinski definition) is 3. The van der Waals surface area contributed by atoms with Crippen molar-refractivity contribution in [1.82, 2.24) is 9.88 Å². The SMILES string of the molecule is CCCN(CCC)C(=O)c1ccc(NCCc2ccccc2)nc1. The minimum Gasteiger partial charge on any atom is -0.370 e. The third-order valence-corrected chi connectivity index (χ3v) is 3.85. The van der Waals surface area contributed by atoms with Crippen LogP contribution in [0.3, 0.4) is 0 Å². The van der Waals surface area contributed by atoms with Crippen LogP contribution in [0.2, 0.25) is 0 Å². The molecule has 0 radical (unpaired) electrons. The van der Waals surface area contributed by atoms with Gasteiger partial charge in [-0.05, 0) is 37.0 Å². The highest BCUT2D eigenvalue weighted by Crippen LogP contribution is 2.10. The first-order valence-electron chi connectivity index (χ1n) is 8.77. The first kappa shape index (κ1) is 18.0. The zero-order valence-electron chi connectivity index (χ0n) is 14.7. The van der Waals surface area contributed by atoms with Gasteiger partial charge in [0, 0.05) is 25.8 Å². The van der Waals surface area contributed by atoms with Crippen molar-refractivity contribution in [2.24, 2.45) is 0 Å². The number of amides is 1. The number of benzene rings is 1. The fraction of sp³-hybridized carbons (Fsp3) is 0.400. The normalized spacial score (nSPS) is 10.4. The number of carbonyl (C=O) groups excluding carboxylic acids is 1. The average Bonchev–Trinajstić information content (AvgIpc) is 2.62. The standard InChI is InChI=1S/C20H27N3O/c1-3-14-23(15-4-2)20(24)18-10-11-19(22-16-18)21-13-12-17-8-6-5-7-9-17/h5-11,16H,3-4,12-15H2,1-2H3,(H,21,22). The van der Waals surface area contributed by atoms with Gasteiger partial charge in [0.05, 0.1) is 5.56 Å². The molecule has 1 N–H and O–H groups in total. The van der Waals surface area contributed by atoms with Crippen molar-refractivity contribution >= 4 is 11.7 Å². The lowest BCUT2D eigenvalue weighted by atomic mass is 10.1. The maximum Gasteiger partial charge on any atom is 0.255 e. The van der Waals surface area contributed by atoms with E-state index < -0.39 is 0 Å². The van der Waals surface area contributed by atoms with Crippen molar-refractivity contribution in [2.75, 3.05) is 25.0 Å².